The predicted molar refractivity (Wildman–Crippen MR) is 72.1 cm³/mol. The van der Waals surface area contributed by atoms with E-state index in [9.17, 15) is 9.90 Å². The van der Waals surface area contributed by atoms with Crippen molar-refractivity contribution >= 4 is 33.7 Å². The number of hydrogen-bond acceptors (Lipinski definition) is 4. The minimum Gasteiger partial charge on any atom is -0.469 e. The topological polar surface area (TPSA) is 46.5 Å². The van der Waals surface area contributed by atoms with Gasteiger partial charge in [-0.3, -0.25) is 4.79 Å². The first-order chi connectivity index (χ1) is 8.04. The largest absolute Gasteiger partial charge is 0.469 e. The molecule has 94 valence electrons. The number of hydrogen-bond donors (Lipinski definition) is 1. The van der Waals surface area contributed by atoms with E-state index in [0.717, 1.165) is 14.9 Å². The fourth-order valence-electron chi connectivity index (χ4n) is 1.32. The molecule has 0 aliphatic heterocycles. The molecule has 0 saturated carbocycles. The number of halogens is 1. The summed E-state index contributed by atoms with van der Waals surface area (Å²) in [6, 6.07) is 5.73. The molecule has 1 atom stereocenters. The minimum absolute atomic E-state index is 0.217. The van der Waals surface area contributed by atoms with Crippen molar-refractivity contribution in [3.05, 3.63) is 28.2 Å². The van der Waals surface area contributed by atoms with Gasteiger partial charge in [0.15, 0.2) is 0 Å². The van der Waals surface area contributed by atoms with Crippen molar-refractivity contribution in [1.29, 1.82) is 0 Å². The van der Waals surface area contributed by atoms with E-state index in [1.165, 1.54) is 7.11 Å². The molecule has 5 heteroatoms. The second-order valence-corrected chi connectivity index (χ2v) is 5.59. The molecular formula is C12H15BrO3S. The SMILES string of the molecule is COC(=O)CCSc1cc(Br)ccc1C(C)O. The van der Waals surface area contributed by atoms with Crippen LogP contribution in [0.25, 0.3) is 0 Å². The molecule has 1 rings (SSSR count). The Morgan fingerprint density at radius 3 is 2.88 bits per heavy atom. The normalized spacial score (nSPS) is 12.2. The minimum atomic E-state index is -0.510. The number of esters is 1. The third-order valence-corrected chi connectivity index (χ3v) is 3.78. The van der Waals surface area contributed by atoms with Crippen LogP contribution in [-0.4, -0.2) is 23.9 Å². The highest BCUT2D eigenvalue weighted by Crippen LogP contribution is 2.30. The monoisotopic (exact) mass is 318 g/mol. The number of benzene rings is 1. The first-order valence-corrected chi connectivity index (χ1v) is 6.99. The highest BCUT2D eigenvalue weighted by atomic mass is 79.9. The number of rotatable bonds is 5. The van der Waals surface area contributed by atoms with Crippen LogP contribution < -0.4 is 0 Å². The number of aliphatic hydroxyl groups is 1. The number of thioether (sulfide) groups is 1. The van der Waals surface area contributed by atoms with E-state index >= 15 is 0 Å². The Bertz CT molecular complexity index is 393. The number of methoxy groups -OCH3 is 1. The number of ether oxygens (including phenoxy) is 1. The van der Waals surface area contributed by atoms with Gasteiger partial charge in [-0.2, -0.15) is 0 Å². The van der Waals surface area contributed by atoms with Gasteiger partial charge in [-0.1, -0.05) is 22.0 Å². The Kier molecular flexibility index (Phi) is 6.02. The standard InChI is InChI=1S/C12H15BrO3S/c1-8(14)10-4-3-9(13)7-11(10)17-6-5-12(15)16-2/h3-4,7-8,14H,5-6H2,1-2H3. The van der Waals surface area contributed by atoms with Crippen molar-refractivity contribution in [3.63, 3.8) is 0 Å². The van der Waals surface area contributed by atoms with Crippen LogP contribution in [0, 0.1) is 0 Å². The summed E-state index contributed by atoms with van der Waals surface area (Å²) in [6.07, 6.45) is -0.142. The van der Waals surface area contributed by atoms with Gasteiger partial charge in [0.25, 0.3) is 0 Å². The van der Waals surface area contributed by atoms with E-state index in [0.29, 0.717) is 12.2 Å². The molecule has 0 amide bonds. The zero-order chi connectivity index (χ0) is 12.8. The lowest BCUT2D eigenvalue weighted by atomic mass is 10.1. The van der Waals surface area contributed by atoms with Crippen molar-refractivity contribution in [2.24, 2.45) is 0 Å². The van der Waals surface area contributed by atoms with Crippen molar-refractivity contribution in [2.75, 3.05) is 12.9 Å². The number of carbonyl (C=O) groups is 1. The third kappa shape index (κ3) is 4.69. The number of carbonyl (C=O) groups excluding carboxylic acids is 1. The first kappa shape index (κ1) is 14.5. The molecule has 1 aromatic carbocycles. The molecule has 0 aromatic heterocycles. The van der Waals surface area contributed by atoms with Gasteiger partial charge < -0.3 is 9.84 Å². The molecule has 0 bridgehead atoms. The molecule has 1 unspecified atom stereocenters. The summed E-state index contributed by atoms with van der Waals surface area (Å²) in [5, 5.41) is 9.63. The maximum absolute atomic E-state index is 11.0. The van der Waals surface area contributed by atoms with Crippen molar-refractivity contribution in [3.8, 4) is 0 Å². The Balaban J connectivity index is 2.68. The molecule has 0 saturated heterocycles. The van der Waals surface area contributed by atoms with Crippen LogP contribution in [0.15, 0.2) is 27.6 Å². The van der Waals surface area contributed by atoms with Crippen LogP contribution in [0.3, 0.4) is 0 Å². The molecular weight excluding hydrogens is 304 g/mol. The van der Waals surface area contributed by atoms with Gasteiger partial charge in [0.1, 0.15) is 0 Å². The summed E-state index contributed by atoms with van der Waals surface area (Å²) in [5.41, 5.74) is 0.878. The lowest BCUT2D eigenvalue weighted by Gasteiger charge is -2.11. The Morgan fingerprint density at radius 2 is 2.29 bits per heavy atom. The van der Waals surface area contributed by atoms with E-state index in [1.54, 1.807) is 18.7 Å². The van der Waals surface area contributed by atoms with Gasteiger partial charge in [-0.15, -0.1) is 11.8 Å². The summed E-state index contributed by atoms with van der Waals surface area (Å²) in [5.74, 6) is 0.425. The van der Waals surface area contributed by atoms with E-state index < -0.39 is 6.10 Å². The lowest BCUT2D eigenvalue weighted by molar-refractivity contribution is -0.140. The molecule has 0 radical (unpaired) electrons. The first-order valence-electron chi connectivity index (χ1n) is 5.21. The van der Waals surface area contributed by atoms with Gasteiger partial charge in [0, 0.05) is 15.1 Å². The molecule has 0 spiro atoms. The van der Waals surface area contributed by atoms with E-state index in [-0.39, 0.29) is 5.97 Å². The van der Waals surface area contributed by atoms with Gasteiger partial charge in [0.2, 0.25) is 0 Å². The smallest absolute Gasteiger partial charge is 0.306 e. The molecule has 0 heterocycles. The fraction of sp³-hybridized carbons (Fsp3) is 0.417. The van der Waals surface area contributed by atoms with Gasteiger partial charge in [-0.05, 0) is 24.6 Å². The molecule has 0 aliphatic rings. The molecule has 3 nitrogen and oxygen atoms in total. The van der Waals surface area contributed by atoms with Crippen LogP contribution in [-0.2, 0) is 9.53 Å². The lowest BCUT2D eigenvalue weighted by Crippen LogP contribution is -2.01. The van der Waals surface area contributed by atoms with Crippen molar-refractivity contribution < 1.29 is 14.6 Å². The van der Waals surface area contributed by atoms with Crippen molar-refractivity contribution in [2.45, 2.75) is 24.3 Å². The second kappa shape index (κ2) is 7.03. The van der Waals surface area contributed by atoms with Crippen LogP contribution in [0.5, 0.6) is 0 Å². The summed E-state index contributed by atoms with van der Waals surface area (Å²) < 4.78 is 5.54. The summed E-state index contributed by atoms with van der Waals surface area (Å²) in [4.78, 5) is 12.0. The molecule has 1 N–H and O–H groups in total. The van der Waals surface area contributed by atoms with Crippen LogP contribution in [0.4, 0.5) is 0 Å². The van der Waals surface area contributed by atoms with E-state index in [1.807, 2.05) is 18.2 Å². The average molecular weight is 319 g/mol. The predicted octanol–water partition coefficient (Wildman–Crippen LogP) is 3.16. The molecule has 0 fully saturated rings. The summed E-state index contributed by atoms with van der Waals surface area (Å²) in [7, 11) is 1.38. The Labute approximate surface area is 114 Å². The van der Waals surface area contributed by atoms with Gasteiger partial charge in [0.05, 0.1) is 19.6 Å². The zero-order valence-electron chi connectivity index (χ0n) is 9.77. The highest BCUT2D eigenvalue weighted by molar-refractivity contribution is 9.10. The number of aliphatic hydroxyl groups excluding tert-OH is 1. The molecule has 0 aliphatic carbocycles. The van der Waals surface area contributed by atoms with E-state index in [2.05, 4.69) is 20.7 Å². The van der Waals surface area contributed by atoms with E-state index in [4.69, 9.17) is 0 Å². The Hall–Kier alpha value is -0.520. The Morgan fingerprint density at radius 1 is 1.59 bits per heavy atom. The molecule has 17 heavy (non-hydrogen) atoms. The van der Waals surface area contributed by atoms with Crippen LogP contribution >= 0.6 is 27.7 Å². The maximum atomic E-state index is 11.0. The van der Waals surface area contributed by atoms with Crippen LogP contribution in [0.2, 0.25) is 0 Å². The average Bonchev–Trinajstić information content (AvgIpc) is 2.28. The zero-order valence-corrected chi connectivity index (χ0v) is 12.2. The highest BCUT2D eigenvalue weighted by Gasteiger charge is 2.10. The summed E-state index contributed by atoms with van der Waals surface area (Å²) >= 11 is 4.94. The van der Waals surface area contributed by atoms with Crippen molar-refractivity contribution in [1.82, 2.24) is 0 Å². The van der Waals surface area contributed by atoms with Gasteiger partial charge in [-0.25, -0.2) is 0 Å². The third-order valence-electron chi connectivity index (χ3n) is 2.22. The van der Waals surface area contributed by atoms with Gasteiger partial charge >= 0.3 is 5.97 Å². The summed E-state index contributed by atoms with van der Waals surface area (Å²) in [6.45, 7) is 1.73. The molecule has 1 aromatic rings. The second-order valence-electron chi connectivity index (χ2n) is 3.53. The maximum Gasteiger partial charge on any atom is 0.306 e. The van der Waals surface area contributed by atoms with Crippen LogP contribution in [0.1, 0.15) is 25.0 Å². The fourth-order valence-corrected chi connectivity index (χ4v) is 2.94. The quantitative estimate of drug-likeness (QED) is 0.669.